The summed E-state index contributed by atoms with van der Waals surface area (Å²) >= 11 is 0. The van der Waals surface area contributed by atoms with Crippen molar-refractivity contribution in [1.82, 2.24) is 30.0 Å². The van der Waals surface area contributed by atoms with E-state index in [1.54, 1.807) is 4.68 Å². The zero-order valence-corrected chi connectivity index (χ0v) is 14.1. The first-order valence-electron chi connectivity index (χ1n) is 8.34. The van der Waals surface area contributed by atoms with Crippen LogP contribution in [0.5, 0.6) is 11.8 Å². The standard InChI is InChI=1S/C16H16F3N7O/c17-16(18,19)9-1-6-22-11(7-9)27-15-12-13(20)23-8-24-14(12)26(25-15)10-2-4-21-5-3-10/h1,6-8,10,21H,2-5H2,(H2,20,23,24). The number of halogens is 3. The van der Waals surface area contributed by atoms with E-state index in [1.165, 1.54) is 6.33 Å². The molecule has 0 spiro atoms. The number of piperidine rings is 1. The lowest BCUT2D eigenvalue weighted by Crippen LogP contribution is -2.30. The average molecular weight is 379 g/mol. The fourth-order valence-electron chi connectivity index (χ4n) is 3.08. The highest BCUT2D eigenvalue weighted by molar-refractivity contribution is 5.90. The molecule has 0 amide bonds. The van der Waals surface area contributed by atoms with Gasteiger partial charge in [0.15, 0.2) is 5.65 Å². The summed E-state index contributed by atoms with van der Waals surface area (Å²) in [5.41, 5.74) is 5.58. The van der Waals surface area contributed by atoms with Crippen molar-refractivity contribution in [3.05, 3.63) is 30.2 Å². The van der Waals surface area contributed by atoms with Crippen molar-refractivity contribution >= 4 is 16.9 Å². The number of pyridine rings is 1. The molecule has 1 aliphatic rings. The van der Waals surface area contributed by atoms with Gasteiger partial charge in [0.1, 0.15) is 17.5 Å². The minimum atomic E-state index is -4.50. The minimum absolute atomic E-state index is 0.0356. The summed E-state index contributed by atoms with van der Waals surface area (Å²) in [6, 6.07) is 1.76. The summed E-state index contributed by atoms with van der Waals surface area (Å²) in [6.45, 7) is 1.66. The lowest BCUT2D eigenvalue weighted by molar-refractivity contribution is -0.137. The van der Waals surface area contributed by atoms with E-state index < -0.39 is 11.7 Å². The van der Waals surface area contributed by atoms with E-state index in [-0.39, 0.29) is 23.6 Å². The van der Waals surface area contributed by atoms with Gasteiger partial charge in [0, 0.05) is 12.3 Å². The summed E-state index contributed by atoms with van der Waals surface area (Å²) in [5, 5.41) is 8.05. The van der Waals surface area contributed by atoms with Crippen LogP contribution in [-0.4, -0.2) is 37.8 Å². The Hall–Kier alpha value is -2.95. The first-order chi connectivity index (χ1) is 12.9. The smallest absolute Gasteiger partial charge is 0.416 e. The van der Waals surface area contributed by atoms with Crippen molar-refractivity contribution in [2.24, 2.45) is 0 Å². The summed E-state index contributed by atoms with van der Waals surface area (Å²) in [6.07, 6.45) is -0.475. The Labute approximate surface area is 151 Å². The molecule has 3 aromatic rings. The molecule has 1 aliphatic heterocycles. The first kappa shape index (κ1) is 17.5. The molecule has 11 heteroatoms. The fourth-order valence-corrected chi connectivity index (χ4v) is 3.08. The van der Waals surface area contributed by atoms with Crippen LogP contribution in [0.1, 0.15) is 24.4 Å². The van der Waals surface area contributed by atoms with Crippen molar-refractivity contribution in [3.8, 4) is 11.8 Å². The largest absolute Gasteiger partial charge is 0.418 e. The van der Waals surface area contributed by atoms with E-state index in [0.29, 0.717) is 11.0 Å². The number of fused-ring (bicyclic) bond motifs is 1. The van der Waals surface area contributed by atoms with Gasteiger partial charge in [-0.1, -0.05) is 0 Å². The quantitative estimate of drug-likeness (QED) is 0.721. The number of nitrogens with two attached hydrogens (primary N) is 1. The molecule has 8 nitrogen and oxygen atoms in total. The number of hydrogen-bond donors (Lipinski definition) is 2. The third-order valence-electron chi connectivity index (χ3n) is 4.40. The van der Waals surface area contributed by atoms with Gasteiger partial charge < -0.3 is 15.8 Å². The minimum Gasteiger partial charge on any atom is -0.418 e. The topological polar surface area (TPSA) is 104 Å². The number of aromatic nitrogens is 5. The predicted octanol–water partition coefficient (Wildman–Crippen LogP) is 2.54. The number of nitrogens with one attached hydrogen (secondary N) is 1. The third-order valence-corrected chi connectivity index (χ3v) is 4.40. The van der Waals surface area contributed by atoms with Gasteiger partial charge in [0.2, 0.25) is 5.88 Å². The van der Waals surface area contributed by atoms with Gasteiger partial charge in [-0.25, -0.2) is 19.6 Å². The number of alkyl halides is 3. The number of rotatable bonds is 3. The van der Waals surface area contributed by atoms with E-state index in [4.69, 9.17) is 10.5 Å². The van der Waals surface area contributed by atoms with E-state index in [1.807, 2.05) is 0 Å². The normalized spacial score (nSPS) is 16.0. The molecule has 1 saturated heterocycles. The number of nitrogens with zero attached hydrogens (tertiary/aromatic N) is 5. The van der Waals surface area contributed by atoms with Crippen LogP contribution >= 0.6 is 0 Å². The molecule has 4 rings (SSSR count). The Morgan fingerprint density at radius 2 is 1.96 bits per heavy atom. The fraction of sp³-hybridized carbons (Fsp3) is 0.375. The Bertz CT molecular complexity index is 966. The van der Waals surface area contributed by atoms with Gasteiger partial charge in [0.25, 0.3) is 5.88 Å². The number of hydrogen-bond acceptors (Lipinski definition) is 7. The average Bonchev–Trinajstić information content (AvgIpc) is 3.02. The van der Waals surface area contributed by atoms with Gasteiger partial charge in [-0.05, 0) is 32.0 Å². The molecule has 0 saturated carbocycles. The molecule has 3 N–H and O–H groups in total. The van der Waals surface area contributed by atoms with Crippen LogP contribution in [0.15, 0.2) is 24.7 Å². The van der Waals surface area contributed by atoms with E-state index >= 15 is 0 Å². The monoisotopic (exact) mass is 379 g/mol. The third kappa shape index (κ3) is 3.37. The maximum absolute atomic E-state index is 12.9. The maximum atomic E-state index is 12.9. The lowest BCUT2D eigenvalue weighted by atomic mass is 10.1. The van der Waals surface area contributed by atoms with E-state index in [0.717, 1.165) is 44.3 Å². The number of anilines is 1. The summed E-state index contributed by atoms with van der Waals surface area (Å²) in [5.74, 6) is -0.0550. The van der Waals surface area contributed by atoms with Crippen molar-refractivity contribution in [1.29, 1.82) is 0 Å². The van der Waals surface area contributed by atoms with Crippen LogP contribution in [0, 0.1) is 0 Å². The van der Waals surface area contributed by atoms with Crippen LogP contribution in [-0.2, 0) is 6.18 Å². The molecule has 0 aliphatic carbocycles. The molecular formula is C16H16F3N7O. The lowest BCUT2D eigenvalue weighted by Gasteiger charge is -2.23. The molecule has 1 fully saturated rings. The zero-order valence-electron chi connectivity index (χ0n) is 14.1. The summed E-state index contributed by atoms with van der Waals surface area (Å²) in [4.78, 5) is 12.0. The molecule has 0 aromatic carbocycles. The Morgan fingerprint density at radius 1 is 1.19 bits per heavy atom. The van der Waals surface area contributed by atoms with Crippen LogP contribution in [0.25, 0.3) is 11.0 Å². The van der Waals surface area contributed by atoms with Crippen LogP contribution in [0.2, 0.25) is 0 Å². The second-order valence-electron chi connectivity index (χ2n) is 6.17. The van der Waals surface area contributed by atoms with Crippen molar-refractivity contribution in [3.63, 3.8) is 0 Å². The van der Waals surface area contributed by atoms with Crippen molar-refractivity contribution in [2.45, 2.75) is 25.1 Å². The van der Waals surface area contributed by atoms with E-state index in [9.17, 15) is 13.2 Å². The molecule has 0 atom stereocenters. The Balaban J connectivity index is 1.76. The summed E-state index contributed by atoms with van der Waals surface area (Å²) < 4.78 is 46.0. The maximum Gasteiger partial charge on any atom is 0.416 e. The second-order valence-corrected chi connectivity index (χ2v) is 6.17. The van der Waals surface area contributed by atoms with E-state index in [2.05, 4.69) is 25.4 Å². The molecule has 0 radical (unpaired) electrons. The van der Waals surface area contributed by atoms with Gasteiger partial charge >= 0.3 is 6.18 Å². The highest BCUT2D eigenvalue weighted by Crippen LogP contribution is 2.35. The highest BCUT2D eigenvalue weighted by Gasteiger charge is 2.31. The Morgan fingerprint density at radius 3 is 2.70 bits per heavy atom. The van der Waals surface area contributed by atoms with Gasteiger partial charge in [-0.2, -0.15) is 13.2 Å². The van der Waals surface area contributed by atoms with Crippen LogP contribution in [0.4, 0.5) is 19.0 Å². The van der Waals surface area contributed by atoms with Crippen molar-refractivity contribution < 1.29 is 17.9 Å². The number of ether oxygens (including phenoxy) is 1. The SMILES string of the molecule is Nc1ncnc2c1c(Oc1cc(C(F)(F)F)ccn1)nn2C1CCNCC1. The van der Waals surface area contributed by atoms with Crippen molar-refractivity contribution in [2.75, 3.05) is 18.8 Å². The Kier molecular flexibility index (Phi) is 4.30. The molecule has 0 unspecified atom stereocenters. The van der Waals surface area contributed by atoms with Gasteiger partial charge in [-0.3, -0.25) is 0 Å². The van der Waals surface area contributed by atoms with Gasteiger partial charge in [0.05, 0.1) is 11.6 Å². The molecular weight excluding hydrogens is 363 g/mol. The summed E-state index contributed by atoms with van der Waals surface area (Å²) in [7, 11) is 0. The predicted molar refractivity (Wildman–Crippen MR) is 90.2 cm³/mol. The first-order valence-corrected chi connectivity index (χ1v) is 8.34. The van der Waals surface area contributed by atoms with Crippen LogP contribution in [0.3, 0.4) is 0 Å². The molecule has 4 heterocycles. The zero-order chi connectivity index (χ0) is 19.0. The van der Waals surface area contributed by atoms with Gasteiger partial charge in [-0.15, -0.1) is 5.10 Å². The second kappa shape index (κ2) is 6.65. The molecule has 0 bridgehead atoms. The highest BCUT2D eigenvalue weighted by atomic mass is 19.4. The number of nitrogen functional groups attached to an aromatic ring is 1. The molecule has 142 valence electrons. The van der Waals surface area contributed by atoms with Crippen LogP contribution < -0.4 is 15.8 Å². The molecule has 27 heavy (non-hydrogen) atoms. The molecule has 3 aromatic heterocycles.